The van der Waals surface area contributed by atoms with Crippen LogP contribution in [0.15, 0.2) is 41.4 Å². The summed E-state index contributed by atoms with van der Waals surface area (Å²) in [4.78, 5) is 11.4. The highest BCUT2D eigenvalue weighted by molar-refractivity contribution is 7.85. The van der Waals surface area contributed by atoms with Gasteiger partial charge in [0.05, 0.1) is 4.90 Å². The molecule has 1 aromatic rings. The van der Waals surface area contributed by atoms with Crippen molar-refractivity contribution in [1.82, 2.24) is 5.32 Å². The maximum Gasteiger partial charge on any atom is 0.323 e. The molecule has 0 atom stereocenters. The smallest absolute Gasteiger partial charge is 0.315 e. The van der Waals surface area contributed by atoms with Gasteiger partial charge in [0.25, 0.3) is 10.1 Å². The first-order valence-corrected chi connectivity index (χ1v) is 8.21. The molecule has 2 amide bonds. The van der Waals surface area contributed by atoms with Gasteiger partial charge in [0.15, 0.2) is 0 Å². The Morgan fingerprint density at radius 1 is 1.19 bits per heavy atom. The third-order valence-corrected chi connectivity index (χ3v) is 4.26. The summed E-state index contributed by atoms with van der Waals surface area (Å²) in [7, 11) is -4.21. The summed E-state index contributed by atoms with van der Waals surface area (Å²) in [5.74, 6) is 0.541. The van der Waals surface area contributed by atoms with Crippen molar-refractivity contribution in [3.05, 3.63) is 36.5 Å². The van der Waals surface area contributed by atoms with E-state index >= 15 is 0 Å². The van der Waals surface area contributed by atoms with Crippen molar-refractivity contribution in [2.75, 3.05) is 5.32 Å². The van der Waals surface area contributed by atoms with Crippen LogP contribution in [0.1, 0.15) is 25.7 Å². The van der Waals surface area contributed by atoms with Crippen LogP contribution in [0.25, 0.3) is 0 Å². The van der Waals surface area contributed by atoms with Crippen LogP contribution in [0, 0.1) is 5.92 Å². The fourth-order valence-electron chi connectivity index (χ4n) is 2.29. The number of hydrogen-bond acceptors (Lipinski definition) is 3. The van der Waals surface area contributed by atoms with Crippen molar-refractivity contribution in [3.8, 4) is 0 Å². The Balaban J connectivity index is 1.84. The Labute approximate surface area is 124 Å². The molecule has 2 rings (SSSR count). The molecular weight excluding hydrogens is 292 g/mol. The zero-order valence-electron chi connectivity index (χ0n) is 11.5. The highest BCUT2D eigenvalue weighted by Crippen LogP contribution is 2.25. The molecule has 7 heteroatoms. The quantitative estimate of drug-likeness (QED) is 0.745. The van der Waals surface area contributed by atoms with Crippen LogP contribution in [0.5, 0.6) is 0 Å². The summed E-state index contributed by atoms with van der Waals surface area (Å²) in [5.41, 5.74) is 0.439. The largest absolute Gasteiger partial charge is 0.323 e. The van der Waals surface area contributed by atoms with Crippen molar-refractivity contribution in [3.63, 3.8) is 0 Å². The predicted octanol–water partition coefficient (Wildman–Crippen LogP) is 2.76. The third-order valence-electron chi connectivity index (χ3n) is 3.39. The standard InChI is InChI=1S/C14H18N2O4S/c17-14(15-10-9-11-3-1-2-4-11)16-12-5-7-13(8-6-12)21(18,19)20/h5-11H,1-4H2,(H2,15,16,17)(H,18,19,20)/b10-9+. The molecule has 0 radical (unpaired) electrons. The lowest BCUT2D eigenvalue weighted by Gasteiger charge is -2.06. The van der Waals surface area contributed by atoms with Crippen LogP contribution in [0.2, 0.25) is 0 Å². The van der Waals surface area contributed by atoms with Gasteiger partial charge in [0.2, 0.25) is 0 Å². The fourth-order valence-corrected chi connectivity index (χ4v) is 2.77. The molecule has 0 heterocycles. The number of allylic oxidation sites excluding steroid dienone is 1. The summed E-state index contributed by atoms with van der Waals surface area (Å²) in [6, 6.07) is 4.86. The van der Waals surface area contributed by atoms with Gasteiger partial charge in [-0.1, -0.05) is 18.9 Å². The molecule has 114 valence electrons. The van der Waals surface area contributed by atoms with Crippen molar-refractivity contribution >= 4 is 21.8 Å². The minimum atomic E-state index is -4.21. The van der Waals surface area contributed by atoms with Gasteiger partial charge < -0.3 is 10.6 Å². The summed E-state index contributed by atoms with van der Waals surface area (Å²) < 4.78 is 30.6. The minimum Gasteiger partial charge on any atom is -0.315 e. The Hall–Kier alpha value is -1.86. The Morgan fingerprint density at radius 3 is 2.38 bits per heavy atom. The lowest BCUT2D eigenvalue weighted by atomic mass is 10.1. The normalized spacial score (nSPS) is 16.2. The van der Waals surface area contributed by atoms with E-state index in [0.717, 1.165) is 12.8 Å². The molecule has 1 aliphatic rings. The third kappa shape index (κ3) is 4.87. The molecule has 0 saturated heterocycles. The maximum absolute atomic E-state index is 11.6. The van der Waals surface area contributed by atoms with E-state index in [-0.39, 0.29) is 4.90 Å². The molecule has 0 aliphatic heterocycles. The van der Waals surface area contributed by atoms with E-state index in [2.05, 4.69) is 10.6 Å². The molecule has 0 bridgehead atoms. The second-order valence-corrected chi connectivity index (χ2v) is 6.42. The second-order valence-electron chi connectivity index (χ2n) is 5.00. The number of urea groups is 1. The zero-order chi connectivity index (χ0) is 15.3. The molecule has 3 N–H and O–H groups in total. The number of amides is 2. The molecule has 6 nitrogen and oxygen atoms in total. The Morgan fingerprint density at radius 2 is 1.81 bits per heavy atom. The summed E-state index contributed by atoms with van der Waals surface area (Å²) in [6.45, 7) is 0. The highest BCUT2D eigenvalue weighted by atomic mass is 32.2. The number of benzene rings is 1. The molecule has 1 saturated carbocycles. The first-order chi connectivity index (χ1) is 9.95. The van der Waals surface area contributed by atoms with Gasteiger partial charge in [-0.3, -0.25) is 4.55 Å². The lowest BCUT2D eigenvalue weighted by molar-refractivity contribution is 0.255. The average Bonchev–Trinajstić information content (AvgIpc) is 2.91. The van der Waals surface area contributed by atoms with Gasteiger partial charge in [-0.05, 0) is 43.0 Å². The first-order valence-electron chi connectivity index (χ1n) is 6.77. The van der Waals surface area contributed by atoms with Crippen molar-refractivity contribution < 1.29 is 17.8 Å². The van der Waals surface area contributed by atoms with Crippen LogP contribution < -0.4 is 10.6 Å². The summed E-state index contributed by atoms with van der Waals surface area (Å²) >= 11 is 0. The molecule has 0 unspecified atom stereocenters. The number of anilines is 1. The van der Waals surface area contributed by atoms with Crippen molar-refractivity contribution in [1.29, 1.82) is 0 Å². The molecule has 21 heavy (non-hydrogen) atoms. The fraction of sp³-hybridized carbons (Fsp3) is 0.357. The van der Waals surface area contributed by atoms with Gasteiger partial charge in [0.1, 0.15) is 0 Å². The highest BCUT2D eigenvalue weighted by Gasteiger charge is 2.11. The molecule has 0 spiro atoms. The first kappa shape index (κ1) is 15.5. The van der Waals surface area contributed by atoms with Gasteiger partial charge in [-0.15, -0.1) is 0 Å². The zero-order valence-corrected chi connectivity index (χ0v) is 12.3. The topological polar surface area (TPSA) is 95.5 Å². The van der Waals surface area contributed by atoms with Gasteiger partial charge in [-0.2, -0.15) is 8.42 Å². The van der Waals surface area contributed by atoms with Crippen LogP contribution in [0.4, 0.5) is 10.5 Å². The summed E-state index contributed by atoms with van der Waals surface area (Å²) in [5, 5.41) is 5.17. The maximum atomic E-state index is 11.6. The van der Waals surface area contributed by atoms with Crippen molar-refractivity contribution in [2.24, 2.45) is 5.92 Å². The molecular formula is C14H18N2O4S. The van der Waals surface area contributed by atoms with E-state index in [9.17, 15) is 13.2 Å². The van der Waals surface area contributed by atoms with Crippen LogP contribution in [-0.4, -0.2) is 19.0 Å². The van der Waals surface area contributed by atoms with Crippen LogP contribution >= 0.6 is 0 Å². The summed E-state index contributed by atoms with van der Waals surface area (Å²) in [6.07, 6.45) is 8.43. The number of hydrogen-bond donors (Lipinski definition) is 3. The van der Waals surface area contributed by atoms with Gasteiger partial charge in [-0.25, -0.2) is 4.79 Å². The van der Waals surface area contributed by atoms with Crippen LogP contribution in [-0.2, 0) is 10.1 Å². The van der Waals surface area contributed by atoms with E-state index in [1.807, 2.05) is 6.08 Å². The molecule has 1 aromatic carbocycles. The second kappa shape index (κ2) is 6.73. The van der Waals surface area contributed by atoms with E-state index in [1.165, 1.54) is 37.1 Å². The van der Waals surface area contributed by atoms with Gasteiger partial charge >= 0.3 is 6.03 Å². The Bertz CT molecular complexity index is 617. The average molecular weight is 310 g/mol. The van der Waals surface area contributed by atoms with E-state index in [0.29, 0.717) is 11.6 Å². The van der Waals surface area contributed by atoms with E-state index in [4.69, 9.17) is 4.55 Å². The molecule has 1 aliphatic carbocycles. The SMILES string of the molecule is O=C(N/C=C/C1CCCC1)Nc1ccc(S(=O)(=O)O)cc1. The van der Waals surface area contributed by atoms with Gasteiger partial charge in [0, 0.05) is 11.9 Å². The number of carbonyl (C=O) groups excluding carboxylic acids is 1. The van der Waals surface area contributed by atoms with E-state index < -0.39 is 16.1 Å². The molecule has 1 fully saturated rings. The predicted molar refractivity (Wildman–Crippen MR) is 79.5 cm³/mol. The number of carbonyl (C=O) groups is 1. The Kier molecular flexibility index (Phi) is 4.98. The van der Waals surface area contributed by atoms with E-state index in [1.54, 1.807) is 6.20 Å². The van der Waals surface area contributed by atoms with Crippen LogP contribution in [0.3, 0.4) is 0 Å². The number of nitrogens with one attached hydrogen (secondary N) is 2. The molecule has 0 aromatic heterocycles. The lowest BCUT2D eigenvalue weighted by Crippen LogP contribution is -2.24. The monoisotopic (exact) mass is 310 g/mol. The number of rotatable bonds is 4. The minimum absolute atomic E-state index is 0.213. The van der Waals surface area contributed by atoms with Crippen molar-refractivity contribution in [2.45, 2.75) is 30.6 Å².